The van der Waals surface area contributed by atoms with Crippen molar-refractivity contribution in [3.05, 3.63) is 22.9 Å². The molecular weight excluding hydrogens is 364 g/mol. The van der Waals surface area contributed by atoms with Crippen LogP contribution in [0.5, 0.6) is 0 Å². The first-order valence-electron chi connectivity index (χ1n) is 7.65. The molecule has 8 heteroatoms. The van der Waals surface area contributed by atoms with Crippen molar-refractivity contribution >= 4 is 33.6 Å². The molecule has 124 valence electrons. The zero-order valence-electron chi connectivity index (χ0n) is 12.6. The molecule has 23 heavy (non-hydrogen) atoms. The summed E-state index contributed by atoms with van der Waals surface area (Å²) in [5, 5.41) is 8.70. The number of urea groups is 1. The molecule has 3 heterocycles. The van der Waals surface area contributed by atoms with Gasteiger partial charge in [-0.2, -0.15) is 0 Å². The lowest BCUT2D eigenvalue weighted by atomic mass is 9.76. The van der Waals surface area contributed by atoms with Gasteiger partial charge in [-0.15, -0.1) is 0 Å². The maximum Gasteiger partial charge on any atom is 0.319 e. The van der Waals surface area contributed by atoms with Crippen LogP contribution in [0, 0.1) is 5.41 Å². The third kappa shape index (κ3) is 3.81. The molecule has 1 unspecified atom stereocenters. The summed E-state index contributed by atoms with van der Waals surface area (Å²) >= 11 is 3.30. The van der Waals surface area contributed by atoms with Crippen LogP contribution in [0.4, 0.5) is 10.5 Å². The molecular formula is C15H19BrN4O3. The molecule has 0 aliphatic carbocycles. The minimum atomic E-state index is -0.359. The molecule has 0 saturated carbocycles. The van der Waals surface area contributed by atoms with Crippen molar-refractivity contribution in [3.63, 3.8) is 0 Å². The van der Waals surface area contributed by atoms with Crippen LogP contribution in [-0.4, -0.2) is 42.7 Å². The Balaban J connectivity index is 1.49. The number of carbonyl (C=O) groups excluding carboxylic acids is 2. The number of ether oxygens (including phenoxy) is 1. The number of esters is 1. The van der Waals surface area contributed by atoms with Crippen molar-refractivity contribution in [2.24, 2.45) is 5.41 Å². The molecule has 0 aromatic carbocycles. The molecule has 2 aliphatic rings. The predicted octanol–water partition coefficient (Wildman–Crippen LogP) is 1.65. The Morgan fingerprint density at radius 1 is 1.43 bits per heavy atom. The summed E-state index contributed by atoms with van der Waals surface area (Å²) in [7, 11) is 0. The highest BCUT2D eigenvalue weighted by Gasteiger charge is 2.49. The fourth-order valence-electron chi connectivity index (χ4n) is 3.13. The third-order valence-corrected chi connectivity index (χ3v) is 4.77. The Hall–Kier alpha value is -1.67. The first-order chi connectivity index (χ1) is 11.1. The van der Waals surface area contributed by atoms with E-state index in [9.17, 15) is 9.59 Å². The van der Waals surface area contributed by atoms with E-state index >= 15 is 0 Å². The van der Waals surface area contributed by atoms with Gasteiger partial charge in [-0.25, -0.2) is 4.79 Å². The highest BCUT2D eigenvalue weighted by Crippen LogP contribution is 2.41. The Morgan fingerprint density at radius 3 is 2.96 bits per heavy atom. The van der Waals surface area contributed by atoms with Crippen molar-refractivity contribution in [3.8, 4) is 0 Å². The van der Waals surface area contributed by atoms with Crippen molar-refractivity contribution in [2.75, 3.05) is 25.0 Å². The van der Waals surface area contributed by atoms with Gasteiger partial charge in [-0.3, -0.25) is 9.78 Å². The van der Waals surface area contributed by atoms with E-state index in [-0.39, 0.29) is 23.5 Å². The van der Waals surface area contributed by atoms with Crippen LogP contribution in [0.1, 0.15) is 19.3 Å². The largest absolute Gasteiger partial charge is 0.460 e. The molecule has 2 saturated heterocycles. The van der Waals surface area contributed by atoms with E-state index in [1.807, 2.05) is 0 Å². The average molecular weight is 383 g/mol. The summed E-state index contributed by atoms with van der Waals surface area (Å²) in [6, 6.07) is 1.42. The normalized spacial score (nSPS) is 22.7. The van der Waals surface area contributed by atoms with Crippen LogP contribution in [0.25, 0.3) is 0 Å². The smallest absolute Gasteiger partial charge is 0.319 e. The van der Waals surface area contributed by atoms with Gasteiger partial charge in [-0.05, 0) is 47.9 Å². The summed E-state index contributed by atoms with van der Waals surface area (Å²) in [5.41, 5.74) is 0.234. The molecule has 2 aliphatic heterocycles. The fraction of sp³-hybridized carbons (Fsp3) is 0.533. The van der Waals surface area contributed by atoms with Crippen LogP contribution in [0.3, 0.4) is 0 Å². The topological polar surface area (TPSA) is 92.4 Å². The number of hydrogen-bond acceptors (Lipinski definition) is 5. The Kier molecular flexibility index (Phi) is 4.82. The minimum absolute atomic E-state index is 0.123. The van der Waals surface area contributed by atoms with E-state index < -0.39 is 0 Å². The standard InChI is InChI=1S/C15H19BrN4O3/c16-10-5-11(8-18-7-10)20-14(22)19-9-12-6-15(13(21)23-12)1-3-17-4-2-15/h5,7-8,12,17H,1-4,6,9H2,(H2,19,20,22). The van der Waals surface area contributed by atoms with E-state index in [4.69, 9.17) is 4.74 Å². The maximum absolute atomic E-state index is 12.1. The first-order valence-corrected chi connectivity index (χ1v) is 8.44. The number of hydrogen-bond donors (Lipinski definition) is 3. The van der Waals surface area contributed by atoms with Crippen molar-refractivity contribution in [1.29, 1.82) is 0 Å². The number of rotatable bonds is 3. The molecule has 0 radical (unpaired) electrons. The number of halogens is 1. The van der Waals surface area contributed by atoms with Gasteiger partial charge in [0.15, 0.2) is 0 Å². The number of aromatic nitrogens is 1. The summed E-state index contributed by atoms with van der Waals surface area (Å²) in [4.78, 5) is 28.0. The minimum Gasteiger partial charge on any atom is -0.460 e. The number of nitrogens with zero attached hydrogens (tertiary/aromatic N) is 1. The van der Waals surface area contributed by atoms with Gasteiger partial charge in [0.1, 0.15) is 6.10 Å². The molecule has 7 nitrogen and oxygen atoms in total. The highest BCUT2D eigenvalue weighted by atomic mass is 79.9. The molecule has 3 N–H and O–H groups in total. The maximum atomic E-state index is 12.1. The number of piperidine rings is 1. The molecule has 1 spiro atoms. The second kappa shape index (κ2) is 6.84. The van der Waals surface area contributed by atoms with Crippen molar-refractivity contribution in [2.45, 2.75) is 25.4 Å². The molecule has 2 amide bonds. The number of cyclic esters (lactones) is 1. The van der Waals surface area contributed by atoms with Crippen molar-refractivity contribution < 1.29 is 14.3 Å². The summed E-state index contributed by atoms with van der Waals surface area (Å²) < 4.78 is 6.23. The fourth-order valence-corrected chi connectivity index (χ4v) is 3.49. The zero-order chi connectivity index (χ0) is 16.3. The van der Waals surface area contributed by atoms with E-state index in [1.165, 1.54) is 0 Å². The summed E-state index contributed by atoms with van der Waals surface area (Å²) in [6.07, 6.45) is 5.22. The number of amides is 2. The second-order valence-electron chi connectivity index (χ2n) is 5.99. The van der Waals surface area contributed by atoms with Gasteiger partial charge in [-0.1, -0.05) is 0 Å². The van der Waals surface area contributed by atoms with Crippen LogP contribution >= 0.6 is 15.9 Å². The first kappa shape index (κ1) is 16.2. The zero-order valence-corrected chi connectivity index (χ0v) is 14.2. The molecule has 1 aromatic heterocycles. The Bertz CT molecular complexity index is 604. The monoisotopic (exact) mass is 382 g/mol. The van der Waals surface area contributed by atoms with Crippen LogP contribution < -0.4 is 16.0 Å². The number of pyridine rings is 1. The van der Waals surface area contributed by atoms with E-state index in [0.29, 0.717) is 18.7 Å². The summed E-state index contributed by atoms with van der Waals surface area (Å²) in [6.45, 7) is 1.99. The lowest BCUT2D eigenvalue weighted by molar-refractivity contribution is -0.149. The van der Waals surface area contributed by atoms with Gasteiger partial charge in [0.05, 0.1) is 23.8 Å². The summed E-state index contributed by atoms with van der Waals surface area (Å²) in [5.74, 6) is -0.123. The Labute approximate surface area is 142 Å². The third-order valence-electron chi connectivity index (χ3n) is 4.34. The Morgan fingerprint density at radius 2 is 2.22 bits per heavy atom. The van der Waals surface area contributed by atoms with E-state index in [2.05, 4.69) is 36.9 Å². The number of nitrogens with one attached hydrogen (secondary N) is 3. The SMILES string of the molecule is O=C(NCC1CC2(CCNCC2)C(=O)O1)Nc1cncc(Br)c1. The molecule has 3 rings (SSSR count). The second-order valence-corrected chi connectivity index (χ2v) is 6.90. The van der Waals surface area contributed by atoms with Gasteiger partial charge >= 0.3 is 12.0 Å². The lowest BCUT2D eigenvalue weighted by Gasteiger charge is -2.29. The van der Waals surface area contributed by atoms with E-state index in [1.54, 1.807) is 18.5 Å². The van der Waals surface area contributed by atoms with Crippen LogP contribution in [0.2, 0.25) is 0 Å². The molecule has 1 atom stereocenters. The number of anilines is 1. The van der Waals surface area contributed by atoms with Crippen molar-refractivity contribution in [1.82, 2.24) is 15.6 Å². The molecule has 0 bridgehead atoms. The quantitative estimate of drug-likeness (QED) is 0.691. The van der Waals surface area contributed by atoms with Gasteiger partial charge in [0, 0.05) is 17.1 Å². The molecule has 1 aromatic rings. The predicted molar refractivity (Wildman–Crippen MR) is 88.0 cm³/mol. The van der Waals surface area contributed by atoms with E-state index in [0.717, 1.165) is 30.4 Å². The number of carbonyl (C=O) groups is 2. The van der Waals surface area contributed by atoms with Gasteiger partial charge < -0.3 is 20.7 Å². The lowest BCUT2D eigenvalue weighted by Crippen LogP contribution is -2.40. The molecule has 2 fully saturated rings. The van der Waals surface area contributed by atoms with Gasteiger partial charge in [0.25, 0.3) is 0 Å². The van der Waals surface area contributed by atoms with Crippen LogP contribution in [-0.2, 0) is 9.53 Å². The van der Waals surface area contributed by atoms with Gasteiger partial charge in [0.2, 0.25) is 0 Å². The van der Waals surface area contributed by atoms with Crippen LogP contribution in [0.15, 0.2) is 22.9 Å². The average Bonchev–Trinajstić information content (AvgIpc) is 2.82. The highest BCUT2D eigenvalue weighted by molar-refractivity contribution is 9.10.